The van der Waals surface area contributed by atoms with Crippen LogP contribution in [-0.2, 0) is 13.1 Å². The number of nitrogens with zero attached hydrogens (tertiary/aromatic N) is 3. The van der Waals surface area contributed by atoms with Gasteiger partial charge in [0.1, 0.15) is 6.54 Å². The second-order valence-electron chi connectivity index (χ2n) is 4.61. The second-order valence-corrected chi connectivity index (χ2v) is 4.61. The molecule has 0 fully saturated rings. The van der Waals surface area contributed by atoms with Gasteiger partial charge in [0, 0.05) is 24.4 Å². The molecule has 5 nitrogen and oxygen atoms in total. The normalized spacial score (nSPS) is 10.8. The Kier molecular flexibility index (Phi) is 3.60. The van der Waals surface area contributed by atoms with Crippen molar-refractivity contribution < 1.29 is 4.52 Å². The van der Waals surface area contributed by atoms with Crippen LogP contribution in [0.5, 0.6) is 0 Å². The smallest absolute Gasteiger partial charge is 0.158 e. The van der Waals surface area contributed by atoms with Crippen LogP contribution in [0.25, 0.3) is 11.1 Å². The van der Waals surface area contributed by atoms with E-state index < -0.39 is 0 Å². The number of nitrogens with one attached hydrogen (secondary N) is 1. The van der Waals surface area contributed by atoms with Crippen molar-refractivity contribution in [2.45, 2.75) is 13.1 Å². The second kappa shape index (κ2) is 5.71. The topological polar surface area (TPSA) is 55.9 Å². The number of rotatable bonds is 5. The molecule has 0 radical (unpaired) electrons. The van der Waals surface area contributed by atoms with Crippen molar-refractivity contribution in [3.05, 3.63) is 60.2 Å². The fourth-order valence-corrected chi connectivity index (χ4v) is 2.08. The summed E-state index contributed by atoms with van der Waals surface area (Å²) in [7, 11) is 1.88. The van der Waals surface area contributed by atoms with Gasteiger partial charge in [-0.2, -0.15) is 5.10 Å². The molecule has 0 spiro atoms. The van der Waals surface area contributed by atoms with E-state index in [0.29, 0.717) is 13.1 Å². The van der Waals surface area contributed by atoms with E-state index in [9.17, 15) is 0 Å². The van der Waals surface area contributed by atoms with Gasteiger partial charge in [-0.05, 0) is 12.6 Å². The fraction of sp³-hybridized carbons (Fsp3) is 0.200. The fourth-order valence-electron chi connectivity index (χ4n) is 2.08. The maximum atomic E-state index is 5.29. The highest BCUT2D eigenvalue weighted by atomic mass is 16.5. The molecule has 0 aliphatic heterocycles. The monoisotopic (exact) mass is 268 g/mol. The van der Waals surface area contributed by atoms with Gasteiger partial charge in [-0.1, -0.05) is 35.5 Å². The maximum Gasteiger partial charge on any atom is 0.158 e. The molecule has 3 aromatic rings. The Balaban J connectivity index is 1.73. The Bertz CT molecular complexity index is 672. The van der Waals surface area contributed by atoms with Crippen LogP contribution >= 0.6 is 0 Å². The first-order chi connectivity index (χ1) is 9.85. The molecule has 0 bridgehead atoms. The van der Waals surface area contributed by atoms with Gasteiger partial charge in [0.2, 0.25) is 0 Å². The van der Waals surface area contributed by atoms with Gasteiger partial charge in [-0.3, -0.25) is 4.68 Å². The quantitative estimate of drug-likeness (QED) is 0.771. The average Bonchev–Trinajstić information content (AvgIpc) is 3.11. The molecule has 1 N–H and O–H groups in total. The molecule has 2 aromatic heterocycles. The van der Waals surface area contributed by atoms with Gasteiger partial charge >= 0.3 is 0 Å². The minimum absolute atomic E-state index is 0.587. The zero-order chi connectivity index (χ0) is 13.8. The number of aromatic nitrogens is 3. The van der Waals surface area contributed by atoms with Crippen molar-refractivity contribution in [2.24, 2.45) is 0 Å². The molecule has 3 rings (SSSR count). The number of hydrogen-bond donors (Lipinski definition) is 1. The van der Waals surface area contributed by atoms with Crippen LogP contribution in [-0.4, -0.2) is 22.0 Å². The zero-order valence-corrected chi connectivity index (χ0v) is 11.3. The third-order valence-electron chi connectivity index (χ3n) is 3.02. The van der Waals surface area contributed by atoms with Crippen molar-refractivity contribution in [1.29, 1.82) is 0 Å². The standard InChI is InChI=1S/C15H16N4O/c1-16-9-14-7-15(20-18-14)11-19-10-13(8-17-19)12-5-3-2-4-6-12/h2-8,10,16H,9,11H2,1H3. The van der Waals surface area contributed by atoms with E-state index in [1.165, 1.54) is 0 Å². The summed E-state index contributed by atoms with van der Waals surface area (Å²) >= 11 is 0. The van der Waals surface area contributed by atoms with E-state index in [2.05, 4.69) is 27.7 Å². The molecule has 0 saturated carbocycles. The van der Waals surface area contributed by atoms with Crippen LogP contribution in [0.2, 0.25) is 0 Å². The Labute approximate surface area is 117 Å². The summed E-state index contributed by atoms with van der Waals surface area (Å²) in [5.74, 6) is 0.804. The third kappa shape index (κ3) is 2.78. The molecule has 5 heteroatoms. The summed E-state index contributed by atoms with van der Waals surface area (Å²) in [5.41, 5.74) is 3.16. The van der Waals surface area contributed by atoms with Gasteiger partial charge < -0.3 is 9.84 Å². The summed E-state index contributed by atoms with van der Waals surface area (Å²) in [6.45, 7) is 1.29. The first kappa shape index (κ1) is 12.6. The summed E-state index contributed by atoms with van der Waals surface area (Å²) in [5, 5.41) is 11.4. The summed E-state index contributed by atoms with van der Waals surface area (Å²) in [4.78, 5) is 0. The van der Waals surface area contributed by atoms with Crippen LogP contribution in [0, 0.1) is 0 Å². The lowest BCUT2D eigenvalue weighted by molar-refractivity contribution is 0.365. The highest BCUT2D eigenvalue weighted by molar-refractivity contribution is 5.61. The highest BCUT2D eigenvalue weighted by Crippen LogP contribution is 2.18. The molecule has 0 atom stereocenters. The summed E-state index contributed by atoms with van der Waals surface area (Å²) in [6, 6.07) is 12.1. The van der Waals surface area contributed by atoms with Crippen LogP contribution in [0.3, 0.4) is 0 Å². The van der Waals surface area contributed by atoms with Crippen LogP contribution < -0.4 is 5.32 Å². The molecule has 20 heavy (non-hydrogen) atoms. The van der Waals surface area contributed by atoms with Gasteiger partial charge in [0.25, 0.3) is 0 Å². The Morgan fingerprint density at radius 3 is 2.85 bits per heavy atom. The van der Waals surface area contributed by atoms with Crippen molar-refractivity contribution in [3.63, 3.8) is 0 Å². The molecular formula is C15H16N4O. The van der Waals surface area contributed by atoms with Gasteiger partial charge in [-0.25, -0.2) is 0 Å². The zero-order valence-electron chi connectivity index (χ0n) is 11.3. The maximum absolute atomic E-state index is 5.29. The molecular weight excluding hydrogens is 252 g/mol. The van der Waals surface area contributed by atoms with E-state index in [4.69, 9.17) is 4.52 Å². The Morgan fingerprint density at radius 2 is 2.05 bits per heavy atom. The van der Waals surface area contributed by atoms with E-state index in [1.54, 1.807) is 0 Å². The molecule has 1 aromatic carbocycles. The lowest BCUT2D eigenvalue weighted by Crippen LogP contribution is -2.04. The number of benzene rings is 1. The van der Waals surface area contributed by atoms with E-state index in [1.807, 2.05) is 48.4 Å². The summed E-state index contributed by atoms with van der Waals surface area (Å²) in [6.07, 6.45) is 3.87. The predicted octanol–water partition coefficient (Wildman–Crippen LogP) is 2.31. The number of hydrogen-bond acceptors (Lipinski definition) is 4. The average molecular weight is 268 g/mol. The highest BCUT2D eigenvalue weighted by Gasteiger charge is 2.06. The van der Waals surface area contributed by atoms with Gasteiger partial charge in [0.05, 0.1) is 11.9 Å². The minimum atomic E-state index is 0.587. The molecule has 0 unspecified atom stereocenters. The SMILES string of the molecule is CNCc1cc(Cn2cc(-c3ccccc3)cn2)on1. The van der Waals surface area contributed by atoms with Crippen molar-refractivity contribution in [1.82, 2.24) is 20.3 Å². The molecule has 2 heterocycles. The van der Waals surface area contributed by atoms with Gasteiger partial charge in [0.15, 0.2) is 5.76 Å². The van der Waals surface area contributed by atoms with Crippen molar-refractivity contribution in [2.75, 3.05) is 7.05 Å². The Hall–Kier alpha value is -2.40. The molecule has 0 saturated heterocycles. The lowest BCUT2D eigenvalue weighted by Gasteiger charge is -1.96. The van der Waals surface area contributed by atoms with Crippen molar-refractivity contribution in [3.8, 4) is 11.1 Å². The van der Waals surface area contributed by atoms with E-state index in [0.717, 1.165) is 22.6 Å². The third-order valence-corrected chi connectivity index (χ3v) is 3.02. The minimum Gasteiger partial charge on any atom is -0.359 e. The molecule has 102 valence electrons. The van der Waals surface area contributed by atoms with Crippen molar-refractivity contribution >= 4 is 0 Å². The lowest BCUT2D eigenvalue weighted by atomic mass is 10.1. The van der Waals surface area contributed by atoms with E-state index in [-0.39, 0.29) is 0 Å². The molecule has 0 amide bonds. The van der Waals surface area contributed by atoms with E-state index >= 15 is 0 Å². The van der Waals surface area contributed by atoms with Crippen LogP contribution in [0.15, 0.2) is 53.3 Å². The van der Waals surface area contributed by atoms with Crippen LogP contribution in [0.1, 0.15) is 11.5 Å². The first-order valence-electron chi connectivity index (χ1n) is 6.52. The molecule has 0 aliphatic rings. The van der Waals surface area contributed by atoms with Crippen LogP contribution in [0.4, 0.5) is 0 Å². The van der Waals surface area contributed by atoms with Gasteiger partial charge in [-0.15, -0.1) is 0 Å². The molecule has 0 aliphatic carbocycles. The Morgan fingerprint density at radius 1 is 1.20 bits per heavy atom. The first-order valence-corrected chi connectivity index (χ1v) is 6.52. The predicted molar refractivity (Wildman–Crippen MR) is 76.0 cm³/mol. The largest absolute Gasteiger partial charge is 0.359 e. The summed E-state index contributed by atoms with van der Waals surface area (Å²) < 4.78 is 7.14.